The molecule has 25 heavy (non-hydrogen) atoms. The number of halogens is 1. The first kappa shape index (κ1) is 18.6. The standard InChI is InChI=1S/C17H20FN3O4/c1-4-17(5-2)15(24)21(16(25)20-17)9-14(23)12-7-6-11(8-13(12)18)19-10(3)22/h6-8H,4-5,9H2,1-3H3,(H,19,22)(H,20,25). The molecule has 0 atom stereocenters. The molecule has 0 unspecified atom stereocenters. The fourth-order valence-electron chi connectivity index (χ4n) is 2.80. The summed E-state index contributed by atoms with van der Waals surface area (Å²) in [5.74, 6) is -2.38. The highest BCUT2D eigenvalue weighted by molar-refractivity contribution is 6.11. The van der Waals surface area contributed by atoms with Crippen molar-refractivity contribution in [2.45, 2.75) is 39.2 Å². The van der Waals surface area contributed by atoms with Crippen LogP contribution in [0.15, 0.2) is 18.2 Å². The lowest BCUT2D eigenvalue weighted by atomic mass is 9.93. The number of hydrogen-bond donors (Lipinski definition) is 2. The Bertz CT molecular complexity index is 743. The number of imide groups is 1. The molecule has 2 rings (SSSR count). The molecule has 0 radical (unpaired) electrons. The van der Waals surface area contributed by atoms with Crippen molar-refractivity contribution in [2.24, 2.45) is 0 Å². The Hall–Kier alpha value is -2.77. The minimum absolute atomic E-state index is 0.215. The van der Waals surface area contributed by atoms with Gasteiger partial charge in [-0.05, 0) is 31.0 Å². The number of rotatable bonds is 6. The summed E-state index contributed by atoms with van der Waals surface area (Å²) < 4.78 is 14.1. The van der Waals surface area contributed by atoms with E-state index in [4.69, 9.17) is 0 Å². The SMILES string of the molecule is CCC1(CC)NC(=O)N(CC(=O)c2ccc(NC(C)=O)cc2F)C1=O. The van der Waals surface area contributed by atoms with E-state index in [2.05, 4.69) is 10.6 Å². The maximum absolute atomic E-state index is 14.1. The number of ketones is 1. The van der Waals surface area contributed by atoms with Crippen LogP contribution < -0.4 is 10.6 Å². The number of amides is 4. The molecule has 1 aliphatic heterocycles. The van der Waals surface area contributed by atoms with Crippen molar-refractivity contribution in [3.8, 4) is 0 Å². The van der Waals surface area contributed by atoms with Crippen LogP contribution in [0.3, 0.4) is 0 Å². The van der Waals surface area contributed by atoms with Crippen LogP contribution in [0.2, 0.25) is 0 Å². The number of nitrogens with one attached hydrogen (secondary N) is 2. The molecule has 1 fully saturated rings. The number of anilines is 1. The van der Waals surface area contributed by atoms with Crippen molar-refractivity contribution in [3.63, 3.8) is 0 Å². The lowest BCUT2D eigenvalue weighted by molar-refractivity contribution is -0.131. The van der Waals surface area contributed by atoms with Gasteiger partial charge in [0.2, 0.25) is 5.91 Å². The van der Waals surface area contributed by atoms with Crippen LogP contribution in [0.4, 0.5) is 14.9 Å². The number of Topliss-reactive ketones (excluding diaryl/α,β-unsaturated/α-hetero) is 1. The Morgan fingerprint density at radius 1 is 1.24 bits per heavy atom. The molecule has 1 aromatic rings. The van der Waals surface area contributed by atoms with Gasteiger partial charge in [0.15, 0.2) is 5.78 Å². The minimum Gasteiger partial charge on any atom is -0.326 e. The first-order valence-corrected chi connectivity index (χ1v) is 7.98. The van der Waals surface area contributed by atoms with Gasteiger partial charge in [0.25, 0.3) is 5.91 Å². The van der Waals surface area contributed by atoms with Crippen LogP contribution in [-0.4, -0.2) is 40.6 Å². The molecule has 0 spiro atoms. The quantitative estimate of drug-likeness (QED) is 0.607. The fourth-order valence-corrected chi connectivity index (χ4v) is 2.80. The van der Waals surface area contributed by atoms with E-state index in [0.29, 0.717) is 12.8 Å². The predicted molar refractivity (Wildman–Crippen MR) is 88.6 cm³/mol. The summed E-state index contributed by atoms with van der Waals surface area (Å²) in [6.45, 7) is 4.28. The topological polar surface area (TPSA) is 95.6 Å². The summed E-state index contributed by atoms with van der Waals surface area (Å²) in [6, 6.07) is 2.96. The molecule has 7 nitrogen and oxygen atoms in total. The summed E-state index contributed by atoms with van der Waals surface area (Å²) in [4.78, 5) is 48.6. The van der Waals surface area contributed by atoms with Gasteiger partial charge < -0.3 is 10.6 Å². The van der Waals surface area contributed by atoms with Gasteiger partial charge in [-0.2, -0.15) is 0 Å². The second-order valence-corrected chi connectivity index (χ2v) is 5.91. The smallest absolute Gasteiger partial charge is 0.325 e. The Labute approximate surface area is 144 Å². The van der Waals surface area contributed by atoms with Crippen LogP contribution >= 0.6 is 0 Å². The van der Waals surface area contributed by atoms with E-state index in [0.717, 1.165) is 11.0 Å². The van der Waals surface area contributed by atoms with Gasteiger partial charge >= 0.3 is 6.03 Å². The van der Waals surface area contributed by atoms with E-state index in [1.807, 2.05) is 0 Å². The van der Waals surface area contributed by atoms with E-state index in [1.54, 1.807) is 13.8 Å². The van der Waals surface area contributed by atoms with E-state index < -0.39 is 35.6 Å². The van der Waals surface area contributed by atoms with Crippen LogP contribution in [0.1, 0.15) is 44.0 Å². The Morgan fingerprint density at radius 3 is 2.36 bits per heavy atom. The van der Waals surface area contributed by atoms with E-state index >= 15 is 0 Å². The number of nitrogens with zero attached hydrogens (tertiary/aromatic N) is 1. The maximum Gasteiger partial charge on any atom is 0.325 e. The second-order valence-electron chi connectivity index (χ2n) is 5.91. The van der Waals surface area contributed by atoms with Gasteiger partial charge in [-0.15, -0.1) is 0 Å². The zero-order valence-corrected chi connectivity index (χ0v) is 14.3. The fraction of sp³-hybridized carbons (Fsp3) is 0.412. The number of hydrogen-bond acceptors (Lipinski definition) is 4. The van der Waals surface area contributed by atoms with Crippen molar-refractivity contribution in [1.29, 1.82) is 0 Å². The number of carbonyl (C=O) groups is 4. The summed E-state index contributed by atoms with van der Waals surface area (Å²) >= 11 is 0. The molecular formula is C17H20FN3O4. The predicted octanol–water partition coefficient (Wildman–Crippen LogP) is 2.08. The first-order chi connectivity index (χ1) is 11.7. The van der Waals surface area contributed by atoms with E-state index in [1.165, 1.54) is 19.1 Å². The van der Waals surface area contributed by atoms with Gasteiger partial charge in [-0.1, -0.05) is 13.8 Å². The largest absolute Gasteiger partial charge is 0.326 e. The van der Waals surface area contributed by atoms with Crippen molar-refractivity contribution < 1.29 is 23.6 Å². The van der Waals surface area contributed by atoms with Crippen LogP contribution in [0.5, 0.6) is 0 Å². The summed E-state index contributed by atoms with van der Waals surface area (Å²) in [7, 11) is 0. The average molecular weight is 349 g/mol. The van der Waals surface area contributed by atoms with E-state index in [9.17, 15) is 23.6 Å². The highest BCUT2D eigenvalue weighted by Gasteiger charge is 2.49. The Kier molecular flexibility index (Phi) is 5.20. The molecule has 8 heteroatoms. The molecule has 0 aromatic heterocycles. The summed E-state index contributed by atoms with van der Waals surface area (Å²) in [5.41, 5.74) is -1.04. The number of benzene rings is 1. The zero-order chi connectivity index (χ0) is 18.8. The molecule has 2 N–H and O–H groups in total. The molecule has 1 heterocycles. The molecule has 0 aliphatic carbocycles. The molecule has 1 aliphatic rings. The molecular weight excluding hydrogens is 329 g/mol. The first-order valence-electron chi connectivity index (χ1n) is 7.98. The zero-order valence-electron chi connectivity index (χ0n) is 14.3. The molecule has 4 amide bonds. The van der Waals surface area contributed by atoms with Crippen LogP contribution in [0.25, 0.3) is 0 Å². The van der Waals surface area contributed by atoms with Crippen molar-refractivity contribution >= 4 is 29.3 Å². The van der Waals surface area contributed by atoms with Gasteiger partial charge in [-0.3, -0.25) is 19.3 Å². The van der Waals surface area contributed by atoms with Gasteiger partial charge in [-0.25, -0.2) is 9.18 Å². The third-order valence-electron chi connectivity index (χ3n) is 4.34. The number of carbonyl (C=O) groups excluding carboxylic acids is 4. The highest BCUT2D eigenvalue weighted by Crippen LogP contribution is 2.25. The molecule has 0 saturated carbocycles. The van der Waals surface area contributed by atoms with Gasteiger partial charge in [0.1, 0.15) is 11.4 Å². The maximum atomic E-state index is 14.1. The minimum atomic E-state index is -1.01. The van der Waals surface area contributed by atoms with E-state index in [-0.39, 0.29) is 17.2 Å². The van der Waals surface area contributed by atoms with Gasteiger partial charge in [0, 0.05) is 12.6 Å². The molecule has 1 saturated heterocycles. The van der Waals surface area contributed by atoms with Crippen molar-refractivity contribution in [2.75, 3.05) is 11.9 Å². The third kappa shape index (κ3) is 3.52. The van der Waals surface area contributed by atoms with Crippen molar-refractivity contribution in [1.82, 2.24) is 10.2 Å². The average Bonchev–Trinajstić information content (AvgIpc) is 2.79. The lowest BCUT2D eigenvalue weighted by Gasteiger charge is -2.23. The highest BCUT2D eigenvalue weighted by atomic mass is 19.1. The summed E-state index contributed by atoms with van der Waals surface area (Å²) in [6.07, 6.45) is 0.803. The normalized spacial score (nSPS) is 15.9. The van der Waals surface area contributed by atoms with Crippen molar-refractivity contribution in [3.05, 3.63) is 29.6 Å². The van der Waals surface area contributed by atoms with Crippen LogP contribution in [0, 0.1) is 5.82 Å². The Morgan fingerprint density at radius 2 is 1.88 bits per heavy atom. The summed E-state index contributed by atoms with van der Waals surface area (Å²) in [5, 5.41) is 5.02. The third-order valence-corrected chi connectivity index (χ3v) is 4.34. The Balaban J connectivity index is 2.18. The lowest BCUT2D eigenvalue weighted by Crippen LogP contribution is -2.46. The molecule has 0 bridgehead atoms. The van der Waals surface area contributed by atoms with Gasteiger partial charge in [0.05, 0.1) is 12.1 Å². The second kappa shape index (κ2) is 7.00. The number of urea groups is 1. The monoisotopic (exact) mass is 349 g/mol. The molecule has 134 valence electrons. The molecule has 1 aromatic carbocycles. The van der Waals surface area contributed by atoms with Crippen LogP contribution in [-0.2, 0) is 9.59 Å².